The predicted octanol–water partition coefficient (Wildman–Crippen LogP) is 3.71. The molecule has 0 amide bonds. The molecule has 0 atom stereocenters. The van der Waals surface area contributed by atoms with Gasteiger partial charge in [-0.05, 0) is 42.5 Å². The van der Waals surface area contributed by atoms with Crippen LogP contribution in [0.2, 0.25) is 5.02 Å². The van der Waals surface area contributed by atoms with Gasteiger partial charge in [-0.1, -0.05) is 27.5 Å². The van der Waals surface area contributed by atoms with Gasteiger partial charge in [0.25, 0.3) is 10.0 Å². The smallest absolute Gasteiger partial charge is 0.339 e. The maximum absolute atomic E-state index is 12.6. The Bertz CT molecular complexity index is 837. The number of esters is 1. The van der Waals surface area contributed by atoms with Gasteiger partial charge < -0.3 is 4.74 Å². The fourth-order valence-corrected chi connectivity index (χ4v) is 3.53. The number of anilines is 1. The second-order valence-corrected chi connectivity index (χ2v) is 7.87. The van der Waals surface area contributed by atoms with E-state index in [0.29, 0.717) is 5.69 Å². The van der Waals surface area contributed by atoms with Gasteiger partial charge in [0, 0.05) is 11.5 Å². The third-order valence-corrected chi connectivity index (χ3v) is 5.85. The van der Waals surface area contributed by atoms with Crippen LogP contribution in [0.25, 0.3) is 0 Å². The molecule has 0 aliphatic rings. The Labute approximate surface area is 148 Å². The standard InChI is InChI=1S/C15H13BrClNO4S/c1-18(23(20,21)12-6-3-10(16)4-7-12)11-5-8-14(17)13(9-11)15(19)22-2/h3-9H,1-2H3. The van der Waals surface area contributed by atoms with E-state index in [2.05, 4.69) is 20.7 Å². The molecule has 0 heterocycles. The molecular formula is C15H13BrClNO4S. The first-order chi connectivity index (χ1) is 10.8. The van der Waals surface area contributed by atoms with Crippen LogP contribution in [-0.4, -0.2) is 28.5 Å². The molecular weight excluding hydrogens is 406 g/mol. The molecule has 0 saturated carbocycles. The molecule has 0 aromatic heterocycles. The zero-order valence-electron chi connectivity index (χ0n) is 12.3. The van der Waals surface area contributed by atoms with Crippen molar-refractivity contribution in [3.05, 3.63) is 57.5 Å². The average molecular weight is 419 g/mol. The van der Waals surface area contributed by atoms with Crippen molar-refractivity contribution in [2.24, 2.45) is 0 Å². The predicted molar refractivity (Wildman–Crippen MR) is 92.5 cm³/mol. The number of carbonyl (C=O) groups is 1. The number of rotatable bonds is 4. The monoisotopic (exact) mass is 417 g/mol. The first-order valence-electron chi connectivity index (χ1n) is 6.39. The summed E-state index contributed by atoms with van der Waals surface area (Å²) in [4.78, 5) is 11.8. The summed E-state index contributed by atoms with van der Waals surface area (Å²) in [6.45, 7) is 0. The quantitative estimate of drug-likeness (QED) is 0.710. The molecule has 2 rings (SSSR count). The van der Waals surface area contributed by atoms with Crippen LogP contribution in [0, 0.1) is 0 Å². The van der Waals surface area contributed by atoms with Crippen LogP contribution in [0.3, 0.4) is 0 Å². The summed E-state index contributed by atoms with van der Waals surface area (Å²) < 4.78 is 31.8. The van der Waals surface area contributed by atoms with Crippen molar-refractivity contribution in [2.75, 3.05) is 18.5 Å². The molecule has 0 saturated heterocycles. The third-order valence-electron chi connectivity index (χ3n) is 3.19. The van der Waals surface area contributed by atoms with E-state index in [1.54, 1.807) is 12.1 Å². The second-order valence-electron chi connectivity index (χ2n) is 4.58. The van der Waals surface area contributed by atoms with Gasteiger partial charge in [-0.15, -0.1) is 0 Å². The third kappa shape index (κ3) is 3.68. The van der Waals surface area contributed by atoms with Gasteiger partial charge in [0.2, 0.25) is 0 Å². The highest BCUT2D eigenvalue weighted by molar-refractivity contribution is 9.10. The molecule has 0 aliphatic heterocycles. The summed E-state index contributed by atoms with van der Waals surface area (Å²) >= 11 is 9.21. The Morgan fingerprint density at radius 1 is 1.17 bits per heavy atom. The lowest BCUT2D eigenvalue weighted by Gasteiger charge is -2.20. The minimum absolute atomic E-state index is 0.101. The molecule has 2 aromatic rings. The van der Waals surface area contributed by atoms with Crippen molar-refractivity contribution in [1.29, 1.82) is 0 Å². The van der Waals surface area contributed by atoms with Crippen molar-refractivity contribution in [2.45, 2.75) is 4.90 Å². The Morgan fingerprint density at radius 2 is 1.78 bits per heavy atom. The van der Waals surface area contributed by atoms with Gasteiger partial charge in [0.1, 0.15) is 0 Å². The van der Waals surface area contributed by atoms with Crippen LogP contribution < -0.4 is 4.31 Å². The number of nitrogens with zero attached hydrogens (tertiary/aromatic N) is 1. The molecule has 0 aliphatic carbocycles. The molecule has 0 fully saturated rings. The second kappa shape index (κ2) is 6.90. The highest BCUT2D eigenvalue weighted by Gasteiger charge is 2.23. The molecule has 122 valence electrons. The van der Waals surface area contributed by atoms with Crippen molar-refractivity contribution in [1.82, 2.24) is 0 Å². The number of carbonyl (C=O) groups excluding carboxylic acids is 1. The van der Waals surface area contributed by atoms with Gasteiger partial charge >= 0.3 is 5.97 Å². The lowest BCUT2D eigenvalue weighted by Crippen LogP contribution is -2.26. The maximum Gasteiger partial charge on any atom is 0.339 e. The van der Waals surface area contributed by atoms with Crippen LogP contribution in [0.4, 0.5) is 5.69 Å². The first kappa shape index (κ1) is 17.8. The van der Waals surface area contributed by atoms with Crippen LogP contribution in [0.5, 0.6) is 0 Å². The zero-order valence-corrected chi connectivity index (χ0v) is 15.4. The maximum atomic E-state index is 12.6. The van der Waals surface area contributed by atoms with Gasteiger partial charge in [-0.2, -0.15) is 0 Å². The van der Waals surface area contributed by atoms with Crippen molar-refractivity contribution in [3.8, 4) is 0 Å². The first-order valence-corrected chi connectivity index (χ1v) is 9.01. The normalized spacial score (nSPS) is 11.1. The minimum Gasteiger partial charge on any atom is -0.465 e. The highest BCUT2D eigenvalue weighted by Crippen LogP contribution is 2.27. The average Bonchev–Trinajstić information content (AvgIpc) is 2.54. The van der Waals surface area contributed by atoms with E-state index in [9.17, 15) is 13.2 Å². The number of ether oxygens (including phenoxy) is 1. The molecule has 0 unspecified atom stereocenters. The van der Waals surface area contributed by atoms with E-state index in [-0.39, 0.29) is 15.5 Å². The summed E-state index contributed by atoms with van der Waals surface area (Å²) in [5.41, 5.74) is 0.405. The number of hydrogen-bond acceptors (Lipinski definition) is 4. The fraction of sp³-hybridized carbons (Fsp3) is 0.133. The van der Waals surface area contributed by atoms with E-state index in [4.69, 9.17) is 11.6 Å². The zero-order chi connectivity index (χ0) is 17.2. The number of methoxy groups -OCH3 is 1. The van der Waals surface area contributed by atoms with E-state index < -0.39 is 16.0 Å². The molecule has 5 nitrogen and oxygen atoms in total. The van der Waals surface area contributed by atoms with Crippen molar-refractivity contribution >= 4 is 49.2 Å². The molecule has 0 spiro atoms. The Morgan fingerprint density at radius 3 is 2.35 bits per heavy atom. The molecule has 0 bridgehead atoms. The van der Waals surface area contributed by atoms with Crippen LogP contribution in [0.15, 0.2) is 51.8 Å². The summed E-state index contributed by atoms with van der Waals surface area (Å²) in [6, 6.07) is 10.6. The number of halogens is 2. The molecule has 0 radical (unpaired) electrons. The van der Waals surface area contributed by atoms with Crippen molar-refractivity contribution in [3.63, 3.8) is 0 Å². The fourth-order valence-electron chi connectivity index (χ4n) is 1.88. The number of benzene rings is 2. The number of hydrogen-bond donors (Lipinski definition) is 0. The molecule has 8 heteroatoms. The Hall–Kier alpha value is -1.57. The summed E-state index contributed by atoms with van der Waals surface area (Å²) in [5, 5.41) is 0.190. The molecule has 23 heavy (non-hydrogen) atoms. The van der Waals surface area contributed by atoms with E-state index >= 15 is 0 Å². The Balaban J connectivity index is 2.45. The largest absolute Gasteiger partial charge is 0.465 e. The highest BCUT2D eigenvalue weighted by atomic mass is 79.9. The topological polar surface area (TPSA) is 63.7 Å². The molecule has 2 aromatic carbocycles. The van der Waals surface area contributed by atoms with Crippen LogP contribution >= 0.6 is 27.5 Å². The van der Waals surface area contributed by atoms with E-state index in [0.717, 1.165) is 8.78 Å². The lowest BCUT2D eigenvalue weighted by molar-refractivity contribution is 0.0601. The lowest BCUT2D eigenvalue weighted by atomic mass is 10.2. The van der Waals surface area contributed by atoms with Gasteiger partial charge in [-0.3, -0.25) is 4.31 Å². The summed E-state index contributed by atoms with van der Waals surface area (Å²) in [6.07, 6.45) is 0. The van der Waals surface area contributed by atoms with Gasteiger partial charge in [-0.25, -0.2) is 13.2 Å². The van der Waals surface area contributed by atoms with Gasteiger partial charge in [0.05, 0.1) is 28.3 Å². The van der Waals surface area contributed by atoms with Crippen molar-refractivity contribution < 1.29 is 17.9 Å². The molecule has 0 N–H and O–H groups in total. The SMILES string of the molecule is COC(=O)c1cc(N(C)S(=O)(=O)c2ccc(Br)cc2)ccc1Cl. The summed E-state index contributed by atoms with van der Waals surface area (Å²) in [5.74, 6) is -0.633. The Kier molecular flexibility index (Phi) is 5.33. The van der Waals surface area contributed by atoms with Crippen LogP contribution in [0.1, 0.15) is 10.4 Å². The van der Waals surface area contributed by atoms with Crippen LogP contribution in [-0.2, 0) is 14.8 Å². The summed E-state index contributed by atoms with van der Waals surface area (Å²) in [7, 11) is -1.12. The number of sulfonamides is 1. The minimum atomic E-state index is -3.75. The van der Waals surface area contributed by atoms with Gasteiger partial charge in [0.15, 0.2) is 0 Å². The van der Waals surface area contributed by atoms with E-state index in [1.165, 1.54) is 44.5 Å². The van der Waals surface area contributed by atoms with E-state index in [1.807, 2.05) is 0 Å².